The maximum Gasteiger partial charge on any atom is 0.122 e. The van der Waals surface area contributed by atoms with Crippen molar-refractivity contribution in [3.63, 3.8) is 0 Å². The average molecular weight is 455 g/mol. The van der Waals surface area contributed by atoms with Crippen LogP contribution in [0, 0.1) is 3.57 Å². The first kappa shape index (κ1) is 14.7. The van der Waals surface area contributed by atoms with E-state index in [2.05, 4.69) is 43.6 Å². The minimum atomic E-state index is -0.739. The Morgan fingerprint density at radius 1 is 1.10 bits per heavy atom. The molecular weight excluding hydrogens is 443 g/mol. The molecule has 2 aromatic carbocycles. The van der Waals surface area contributed by atoms with E-state index < -0.39 is 6.10 Å². The van der Waals surface area contributed by atoms with E-state index in [-0.39, 0.29) is 0 Å². The van der Waals surface area contributed by atoms with Crippen molar-refractivity contribution in [1.29, 1.82) is 0 Å². The van der Waals surface area contributed by atoms with Crippen molar-refractivity contribution in [1.82, 2.24) is 9.78 Å². The van der Waals surface area contributed by atoms with E-state index >= 15 is 0 Å². The van der Waals surface area contributed by atoms with Crippen LogP contribution in [0.2, 0.25) is 0 Å². The Morgan fingerprint density at radius 3 is 2.62 bits per heavy atom. The molecule has 0 aliphatic rings. The van der Waals surface area contributed by atoms with Crippen LogP contribution in [0.1, 0.15) is 17.4 Å². The van der Waals surface area contributed by atoms with Gasteiger partial charge in [-0.25, -0.2) is 4.68 Å². The first-order valence-electron chi connectivity index (χ1n) is 6.39. The zero-order chi connectivity index (χ0) is 14.8. The summed E-state index contributed by atoms with van der Waals surface area (Å²) in [6.07, 6.45) is 0.963. The fourth-order valence-corrected chi connectivity index (χ4v) is 3.17. The minimum Gasteiger partial charge on any atom is -0.382 e. The summed E-state index contributed by atoms with van der Waals surface area (Å²) in [6.45, 7) is 0. The fraction of sp³-hybridized carbons (Fsp3) is 0.0625. The van der Waals surface area contributed by atoms with Gasteiger partial charge in [-0.1, -0.05) is 34.1 Å². The van der Waals surface area contributed by atoms with Crippen LogP contribution in [0.4, 0.5) is 0 Å². The fourth-order valence-electron chi connectivity index (χ4n) is 2.19. The molecule has 0 saturated heterocycles. The monoisotopic (exact) mass is 454 g/mol. The lowest BCUT2D eigenvalue weighted by Gasteiger charge is -2.15. The molecule has 1 N–H and O–H groups in total. The highest BCUT2D eigenvalue weighted by atomic mass is 127. The van der Waals surface area contributed by atoms with Gasteiger partial charge in [0.1, 0.15) is 6.10 Å². The second kappa shape index (κ2) is 6.29. The standard InChI is InChI=1S/C16H12BrIN2O/c17-14-7-6-11(18)10-13(14)16(21)15-8-9-19-20(15)12-4-2-1-3-5-12/h1-10,16,21H. The molecule has 0 aliphatic carbocycles. The number of hydrogen-bond donors (Lipinski definition) is 1. The van der Waals surface area contributed by atoms with E-state index in [9.17, 15) is 5.11 Å². The molecule has 1 aromatic heterocycles. The highest BCUT2D eigenvalue weighted by molar-refractivity contribution is 14.1. The van der Waals surface area contributed by atoms with Gasteiger partial charge in [-0.3, -0.25) is 0 Å². The largest absolute Gasteiger partial charge is 0.382 e. The molecule has 0 amide bonds. The van der Waals surface area contributed by atoms with Gasteiger partial charge in [0.15, 0.2) is 0 Å². The van der Waals surface area contributed by atoms with E-state index in [1.165, 1.54) is 0 Å². The number of hydrogen-bond acceptors (Lipinski definition) is 2. The zero-order valence-corrected chi connectivity index (χ0v) is 14.7. The van der Waals surface area contributed by atoms with Crippen molar-refractivity contribution < 1.29 is 5.11 Å². The molecule has 0 radical (unpaired) electrons. The SMILES string of the molecule is OC(c1cc(I)ccc1Br)c1ccnn1-c1ccccc1. The summed E-state index contributed by atoms with van der Waals surface area (Å²) < 4.78 is 3.73. The van der Waals surface area contributed by atoms with Crippen LogP contribution >= 0.6 is 38.5 Å². The lowest BCUT2D eigenvalue weighted by atomic mass is 10.1. The van der Waals surface area contributed by atoms with Crippen molar-refractivity contribution in [2.45, 2.75) is 6.10 Å². The molecule has 0 aliphatic heterocycles. The van der Waals surface area contributed by atoms with Crippen LogP contribution in [0.5, 0.6) is 0 Å². The number of aliphatic hydroxyl groups is 1. The van der Waals surface area contributed by atoms with Crippen molar-refractivity contribution in [2.75, 3.05) is 0 Å². The van der Waals surface area contributed by atoms with Gasteiger partial charge in [0.25, 0.3) is 0 Å². The van der Waals surface area contributed by atoms with Crippen molar-refractivity contribution in [2.24, 2.45) is 0 Å². The van der Waals surface area contributed by atoms with Gasteiger partial charge >= 0.3 is 0 Å². The highest BCUT2D eigenvalue weighted by Crippen LogP contribution is 2.30. The average Bonchev–Trinajstić information content (AvgIpc) is 2.99. The van der Waals surface area contributed by atoms with Crippen molar-refractivity contribution >= 4 is 38.5 Å². The zero-order valence-electron chi connectivity index (χ0n) is 10.9. The number of halogens is 2. The van der Waals surface area contributed by atoms with Gasteiger partial charge < -0.3 is 5.11 Å². The third-order valence-corrected chi connectivity index (χ3v) is 4.60. The number of aromatic nitrogens is 2. The Labute approximate surface area is 144 Å². The second-order valence-corrected chi connectivity index (χ2v) is 6.67. The van der Waals surface area contributed by atoms with E-state index in [1.54, 1.807) is 10.9 Å². The molecule has 3 nitrogen and oxygen atoms in total. The van der Waals surface area contributed by atoms with E-state index in [0.717, 1.165) is 25.0 Å². The first-order chi connectivity index (χ1) is 10.2. The Morgan fingerprint density at radius 2 is 1.86 bits per heavy atom. The van der Waals surface area contributed by atoms with Gasteiger partial charge in [0, 0.05) is 19.8 Å². The predicted octanol–water partition coefficient (Wildman–Crippen LogP) is 4.32. The van der Waals surface area contributed by atoms with Gasteiger partial charge in [-0.05, 0) is 59.0 Å². The van der Waals surface area contributed by atoms with Crippen LogP contribution < -0.4 is 0 Å². The Hall–Kier alpha value is -1.18. The molecule has 1 atom stereocenters. The molecule has 3 aromatic rings. The van der Waals surface area contributed by atoms with E-state index in [1.807, 2.05) is 54.6 Å². The lowest BCUT2D eigenvalue weighted by molar-refractivity contribution is 0.211. The Bertz CT molecular complexity index is 758. The summed E-state index contributed by atoms with van der Waals surface area (Å²) in [4.78, 5) is 0. The number of rotatable bonds is 3. The van der Waals surface area contributed by atoms with Crippen molar-refractivity contribution in [3.05, 3.63) is 80.1 Å². The molecule has 106 valence electrons. The molecule has 0 spiro atoms. The summed E-state index contributed by atoms with van der Waals surface area (Å²) in [5, 5.41) is 15.1. The van der Waals surface area contributed by atoms with Crippen LogP contribution in [0.3, 0.4) is 0 Å². The van der Waals surface area contributed by atoms with Gasteiger partial charge in [-0.2, -0.15) is 5.10 Å². The Kier molecular flexibility index (Phi) is 4.42. The molecule has 3 rings (SSSR count). The summed E-state index contributed by atoms with van der Waals surface area (Å²) in [5.74, 6) is 0. The molecule has 1 heterocycles. The third-order valence-electron chi connectivity index (χ3n) is 3.21. The van der Waals surface area contributed by atoms with Gasteiger partial charge in [-0.15, -0.1) is 0 Å². The molecule has 21 heavy (non-hydrogen) atoms. The quantitative estimate of drug-likeness (QED) is 0.598. The van der Waals surface area contributed by atoms with Crippen LogP contribution in [0.15, 0.2) is 65.3 Å². The topological polar surface area (TPSA) is 38.1 Å². The van der Waals surface area contributed by atoms with Crippen LogP contribution in [-0.4, -0.2) is 14.9 Å². The number of para-hydroxylation sites is 1. The summed E-state index contributed by atoms with van der Waals surface area (Å²) in [5.41, 5.74) is 2.50. The smallest absolute Gasteiger partial charge is 0.122 e. The molecule has 5 heteroatoms. The highest BCUT2D eigenvalue weighted by Gasteiger charge is 2.19. The first-order valence-corrected chi connectivity index (χ1v) is 8.26. The number of benzene rings is 2. The van der Waals surface area contributed by atoms with Crippen molar-refractivity contribution in [3.8, 4) is 5.69 Å². The summed E-state index contributed by atoms with van der Waals surface area (Å²) in [7, 11) is 0. The number of aliphatic hydroxyl groups excluding tert-OH is 1. The minimum absolute atomic E-state index is 0.739. The molecule has 0 saturated carbocycles. The second-order valence-electron chi connectivity index (χ2n) is 4.57. The molecule has 1 unspecified atom stereocenters. The maximum atomic E-state index is 10.7. The van der Waals surface area contributed by atoms with E-state index in [4.69, 9.17) is 0 Å². The third kappa shape index (κ3) is 3.04. The van der Waals surface area contributed by atoms with Crippen LogP contribution in [-0.2, 0) is 0 Å². The molecule has 0 bridgehead atoms. The van der Waals surface area contributed by atoms with E-state index in [0.29, 0.717) is 0 Å². The summed E-state index contributed by atoms with van der Waals surface area (Å²) >= 11 is 5.74. The molecular formula is C16H12BrIN2O. The van der Waals surface area contributed by atoms with Gasteiger partial charge in [0.2, 0.25) is 0 Å². The normalized spacial score (nSPS) is 12.3. The number of nitrogens with zero attached hydrogens (tertiary/aromatic N) is 2. The Balaban J connectivity index is 2.06. The summed E-state index contributed by atoms with van der Waals surface area (Å²) in [6, 6.07) is 17.5. The van der Waals surface area contributed by atoms with Gasteiger partial charge in [0.05, 0.1) is 11.4 Å². The predicted molar refractivity (Wildman–Crippen MR) is 94.5 cm³/mol. The maximum absolute atomic E-state index is 10.7. The lowest BCUT2D eigenvalue weighted by Crippen LogP contribution is -2.09. The van der Waals surface area contributed by atoms with Crippen LogP contribution in [0.25, 0.3) is 5.69 Å². The molecule has 0 fully saturated rings.